The Kier molecular flexibility index (Phi) is 2.64. The number of carboxylic acid groups (broad SMARTS) is 1. The first-order valence-electron chi connectivity index (χ1n) is 5.24. The van der Waals surface area contributed by atoms with Crippen LogP contribution in [0.4, 0.5) is 0 Å². The highest BCUT2D eigenvalue weighted by Gasteiger charge is 2.07. The van der Waals surface area contributed by atoms with Gasteiger partial charge in [-0.2, -0.15) is 0 Å². The monoisotopic (exact) mass is 218 g/mol. The summed E-state index contributed by atoms with van der Waals surface area (Å²) in [5.74, 6) is -0.0561. The van der Waals surface area contributed by atoms with Gasteiger partial charge >= 0.3 is 5.97 Å². The van der Waals surface area contributed by atoms with Gasteiger partial charge in [-0.1, -0.05) is 6.07 Å². The maximum absolute atomic E-state index is 10.5. The molecule has 1 aromatic carbocycles. The lowest BCUT2D eigenvalue weighted by Gasteiger charge is -1.96. The largest absolute Gasteiger partial charge is 0.481 e. The van der Waals surface area contributed by atoms with Gasteiger partial charge in [-0.25, -0.2) is 4.98 Å². The van der Waals surface area contributed by atoms with Crippen molar-refractivity contribution in [3.8, 4) is 0 Å². The Hall–Kier alpha value is -1.84. The summed E-state index contributed by atoms with van der Waals surface area (Å²) in [5, 5.41) is 8.61. The molecule has 84 valence electrons. The molecule has 0 radical (unpaired) electrons. The van der Waals surface area contributed by atoms with E-state index in [0.29, 0.717) is 6.42 Å². The van der Waals surface area contributed by atoms with Gasteiger partial charge in [0.05, 0.1) is 17.5 Å². The Balaban J connectivity index is 2.36. The number of rotatable bonds is 3. The van der Waals surface area contributed by atoms with Gasteiger partial charge in [-0.3, -0.25) is 4.79 Å². The predicted molar refractivity (Wildman–Crippen MR) is 61.5 cm³/mol. The summed E-state index contributed by atoms with van der Waals surface area (Å²) in [5.41, 5.74) is 4.22. The van der Waals surface area contributed by atoms with Gasteiger partial charge in [0.25, 0.3) is 0 Å². The van der Waals surface area contributed by atoms with Crippen LogP contribution in [0.2, 0.25) is 0 Å². The summed E-state index contributed by atoms with van der Waals surface area (Å²) in [7, 11) is 0. The number of benzene rings is 1. The van der Waals surface area contributed by atoms with Gasteiger partial charge in [-0.05, 0) is 31.0 Å². The number of H-pyrrole nitrogens is 1. The zero-order chi connectivity index (χ0) is 11.7. The third-order valence-corrected chi connectivity index (χ3v) is 2.55. The van der Waals surface area contributed by atoms with E-state index in [4.69, 9.17) is 5.11 Å². The van der Waals surface area contributed by atoms with E-state index in [2.05, 4.69) is 16.0 Å². The van der Waals surface area contributed by atoms with Crippen molar-refractivity contribution >= 4 is 17.0 Å². The molecule has 16 heavy (non-hydrogen) atoms. The fourth-order valence-electron chi connectivity index (χ4n) is 1.87. The molecule has 0 bridgehead atoms. The van der Waals surface area contributed by atoms with Gasteiger partial charge in [0, 0.05) is 6.42 Å². The number of carboxylic acids is 1. The van der Waals surface area contributed by atoms with E-state index in [1.165, 1.54) is 5.56 Å². The van der Waals surface area contributed by atoms with Crippen LogP contribution in [0.5, 0.6) is 0 Å². The van der Waals surface area contributed by atoms with Crippen molar-refractivity contribution in [2.75, 3.05) is 0 Å². The number of carbonyl (C=O) groups is 1. The smallest absolute Gasteiger partial charge is 0.303 e. The Morgan fingerprint density at radius 1 is 1.44 bits per heavy atom. The number of aryl methyl sites for hydroxylation is 3. The highest BCUT2D eigenvalue weighted by molar-refractivity contribution is 5.79. The number of aromatic nitrogens is 2. The Morgan fingerprint density at radius 2 is 2.19 bits per heavy atom. The minimum atomic E-state index is -0.798. The van der Waals surface area contributed by atoms with Crippen LogP contribution in [0.3, 0.4) is 0 Å². The molecule has 2 N–H and O–H groups in total. The summed E-state index contributed by atoms with van der Waals surface area (Å²) in [6, 6.07) is 4.10. The SMILES string of the molecule is Cc1cc(C)c2nc(CCC(=O)O)[nH]c2c1. The molecule has 4 nitrogen and oxygen atoms in total. The lowest BCUT2D eigenvalue weighted by molar-refractivity contribution is -0.137. The first-order valence-corrected chi connectivity index (χ1v) is 5.24. The molecule has 0 saturated heterocycles. The quantitative estimate of drug-likeness (QED) is 0.829. The number of nitrogens with zero attached hydrogens (tertiary/aromatic N) is 1. The number of nitrogens with one attached hydrogen (secondary N) is 1. The van der Waals surface area contributed by atoms with Gasteiger partial charge in [0.15, 0.2) is 0 Å². The summed E-state index contributed by atoms with van der Waals surface area (Å²) >= 11 is 0. The van der Waals surface area contributed by atoms with Crippen molar-refractivity contribution in [3.63, 3.8) is 0 Å². The van der Waals surface area contributed by atoms with E-state index in [-0.39, 0.29) is 6.42 Å². The van der Waals surface area contributed by atoms with Crippen LogP contribution in [0.1, 0.15) is 23.4 Å². The highest BCUT2D eigenvalue weighted by Crippen LogP contribution is 2.18. The zero-order valence-corrected chi connectivity index (χ0v) is 9.37. The molecule has 0 aliphatic rings. The maximum atomic E-state index is 10.5. The van der Waals surface area contributed by atoms with E-state index in [1.54, 1.807) is 0 Å². The number of aliphatic carboxylic acids is 1. The standard InChI is InChI=1S/C12H14N2O2/c1-7-5-8(2)12-9(6-7)13-10(14-12)3-4-11(15)16/h5-6H,3-4H2,1-2H3,(H,13,14)(H,15,16). The van der Waals surface area contributed by atoms with Crippen LogP contribution in [-0.4, -0.2) is 21.0 Å². The number of hydrogen-bond donors (Lipinski definition) is 2. The van der Waals surface area contributed by atoms with Gasteiger partial charge < -0.3 is 10.1 Å². The number of imidazole rings is 1. The fraction of sp³-hybridized carbons (Fsp3) is 0.333. The number of aromatic amines is 1. The van der Waals surface area contributed by atoms with Crippen LogP contribution in [0.25, 0.3) is 11.0 Å². The van der Waals surface area contributed by atoms with Gasteiger partial charge in [-0.15, -0.1) is 0 Å². The van der Waals surface area contributed by atoms with Crippen molar-refractivity contribution in [1.29, 1.82) is 0 Å². The highest BCUT2D eigenvalue weighted by atomic mass is 16.4. The molecular weight excluding hydrogens is 204 g/mol. The first kappa shape index (κ1) is 10.7. The topological polar surface area (TPSA) is 66.0 Å². The average molecular weight is 218 g/mol. The molecule has 1 heterocycles. The van der Waals surface area contributed by atoms with E-state index in [9.17, 15) is 4.79 Å². The molecule has 4 heteroatoms. The summed E-state index contributed by atoms with van der Waals surface area (Å²) in [4.78, 5) is 18.0. The van der Waals surface area contributed by atoms with E-state index >= 15 is 0 Å². The second-order valence-electron chi connectivity index (χ2n) is 4.06. The van der Waals surface area contributed by atoms with Crippen LogP contribution < -0.4 is 0 Å². The zero-order valence-electron chi connectivity index (χ0n) is 9.37. The molecule has 0 spiro atoms. The summed E-state index contributed by atoms with van der Waals surface area (Å²) in [6.07, 6.45) is 0.556. The average Bonchev–Trinajstić information content (AvgIpc) is 2.57. The summed E-state index contributed by atoms with van der Waals surface area (Å²) in [6.45, 7) is 4.04. The number of fused-ring (bicyclic) bond motifs is 1. The van der Waals surface area contributed by atoms with Crippen LogP contribution in [0, 0.1) is 13.8 Å². The van der Waals surface area contributed by atoms with Crippen molar-refractivity contribution in [3.05, 3.63) is 29.1 Å². The maximum Gasteiger partial charge on any atom is 0.303 e. The molecule has 2 aromatic rings. The van der Waals surface area contributed by atoms with E-state index in [0.717, 1.165) is 22.4 Å². The molecule has 0 fully saturated rings. The second-order valence-corrected chi connectivity index (χ2v) is 4.06. The van der Waals surface area contributed by atoms with Crippen LogP contribution >= 0.6 is 0 Å². The van der Waals surface area contributed by atoms with Crippen LogP contribution in [0.15, 0.2) is 12.1 Å². The van der Waals surface area contributed by atoms with Crippen molar-refractivity contribution < 1.29 is 9.90 Å². The third kappa shape index (κ3) is 2.05. The lowest BCUT2D eigenvalue weighted by Crippen LogP contribution is -1.98. The molecule has 0 saturated carbocycles. The summed E-state index contributed by atoms with van der Waals surface area (Å²) < 4.78 is 0. The Morgan fingerprint density at radius 3 is 2.88 bits per heavy atom. The third-order valence-electron chi connectivity index (χ3n) is 2.55. The number of hydrogen-bond acceptors (Lipinski definition) is 2. The minimum Gasteiger partial charge on any atom is -0.481 e. The second kappa shape index (κ2) is 3.96. The van der Waals surface area contributed by atoms with E-state index < -0.39 is 5.97 Å². The minimum absolute atomic E-state index is 0.109. The Bertz CT molecular complexity index is 543. The Labute approximate surface area is 93.3 Å². The van der Waals surface area contributed by atoms with Crippen molar-refractivity contribution in [1.82, 2.24) is 9.97 Å². The normalized spacial score (nSPS) is 10.9. The predicted octanol–water partition coefficient (Wildman–Crippen LogP) is 2.20. The van der Waals surface area contributed by atoms with Gasteiger partial charge in [0.2, 0.25) is 0 Å². The van der Waals surface area contributed by atoms with Crippen LogP contribution in [-0.2, 0) is 11.2 Å². The molecule has 0 atom stereocenters. The van der Waals surface area contributed by atoms with Gasteiger partial charge in [0.1, 0.15) is 5.82 Å². The fourth-order valence-corrected chi connectivity index (χ4v) is 1.87. The molecule has 0 amide bonds. The van der Waals surface area contributed by atoms with Crippen molar-refractivity contribution in [2.45, 2.75) is 26.7 Å². The molecule has 0 aliphatic carbocycles. The molecule has 0 aliphatic heterocycles. The molecule has 2 rings (SSSR count). The lowest BCUT2D eigenvalue weighted by atomic mass is 10.1. The first-order chi connectivity index (χ1) is 7.56. The van der Waals surface area contributed by atoms with Crippen molar-refractivity contribution in [2.24, 2.45) is 0 Å². The molecule has 1 aromatic heterocycles. The van der Waals surface area contributed by atoms with E-state index in [1.807, 2.05) is 19.9 Å². The molecule has 0 unspecified atom stereocenters. The molecular formula is C12H14N2O2.